The van der Waals surface area contributed by atoms with Gasteiger partial charge in [-0.05, 0) is 43.7 Å². The Hall–Kier alpha value is -2.27. The maximum atomic E-state index is 12.4. The second-order valence-corrected chi connectivity index (χ2v) is 6.86. The van der Waals surface area contributed by atoms with Gasteiger partial charge in [0.05, 0.1) is 13.1 Å². The summed E-state index contributed by atoms with van der Waals surface area (Å²) in [5.41, 5.74) is 2.56. The number of furan rings is 1. The van der Waals surface area contributed by atoms with Gasteiger partial charge in [-0.25, -0.2) is 0 Å². The molecule has 0 atom stereocenters. The van der Waals surface area contributed by atoms with Crippen LogP contribution in [0.1, 0.15) is 17.1 Å². The molecule has 1 aliphatic rings. The molecule has 25 heavy (non-hydrogen) atoms. The minimum absolute atomic E-state index is 0.137. The van der Waals surface area contributed by atoms with Gasteiger partial charge in [0.15, 0.2) is 0 Å². The number of aryl methyl sites for hydroxylation is 2. The van der Waals surface area contributed by atoms with Crippen molar-refractivity contribution in [2.24, 2.45) is 0 Å². The molecule has 0 unspecified atom stereocenters. The molecule has 0 N–H and O–H groups in total. The Labute approximate surface area is 149 Å². The van der Waals surface area contributed by atoms with Gasteiger partial charge >= 0.3 is 0 Å². The van der Waals surface area contributed by atoms with Crippen LogP contribution in [-0.4, -0.2) is 55.5 Å². The second kappa shape index (κ2) is 7.74. The standard InChI is InChI=1S/C20H27N3O2/c1-16-5-4-6-18(13-16)23-11-9-22(10-12-23)15-20(24)21(3)14-19-8-7-17(2)25-19/h4-8,13H,9-12,14-15H2,1-3H3. The fourth-order valence-corrected chi connectivity index (χ4v) is 3.19. The summed E-state index contributed by atoms with van der Waals surface area (Å²) in [6.45, 7) is 8.76. The van der Waals surface area contributed by atoms with Crippen molar-refractivity contribution in [3.05, 3.63) is 53.5 Å². The molecule has 0 bridgehead atoms. The number of likely N-dealkylation sites (N-methyl/N-ethyl adjacent to an activating group) is 1. The number of hydrogen-bond donors (Lipinski definition) is 0. The van der Waals surface area contributed by atoms with Crippen molar-refractivity contribution in [1.29, 1.82) is 0 Å². The van der Waals surface area contributed by atoms with Crippen LogP contribution < -0.4 is 4.90 Å². The number of benzene rings is 1. The van der Waals surface area contributed by atoms with Gasteiger partial charge in [0.2, 0.25) is 5.91 Å². The Morgan fingerprint density at radius 3 is 2.52 bits per heavy atom. The number of amides is 1. The van der Waals surface area contributed by atoms with E-state index in [0.29, 0.717) is 13.1 Å². The summed E-state index contributed by atoms with van der Waals surface area (Å²) in [5, 5.41) is 0. The Balaban J connectivity index is 1.47. The molecule has 3 rings (SSSR count). The Kier molecular flexibility index (Phi) is 5.43. The van der Waals surface area contributed by atoms with Crippen LogP contribution in [0.3, 0.4) is 0 Å². The molecule has 5 heteroatoms. The van der Waals surface area contributed by atoms with Crippen LogP contribution in [0.2, 0.25) is 0 Å². The van der Waals surface area contributed by atoms with Crippen LogP contribution in [-0.2, 0) is 11.3 Å². The van der Waals surface area contributed by atoms with E-state index in [9.17, 15) is 4.79 Å². The van der Waals surface area contributed by atoms with E-state index in [2.05, 4.69) is 41.0 Å². The molecule has 1 fully saturated rings. The highest BCUT2D eigenvalue weighted by molar-refractivity contribution is 5.78. The predicted molar refractivity (Wildman–Crippen MR) is 99.8 cm³/mol. The molecule has 2 aromatic rings. The fourth-order valence-electron chi connectivity index (χ4n) is 3.19. The van der Waals surface area contributed by atoms with E-state index in [4.69, 9.17) is 4.42 Å². The van der Waals surface area contributed by atoms with E-state index >= 15 is 0 Å². The summed E-state index contributed by atoms with van der Waals surface area (Å²) in [4.78, 5) is 18.8. The highest BCUT2D eigenvalue weighted by Gasteiger charge is 2.21. The highest BCUT2D eigenvalue weighted by atomic mass is 16.3. The third-order valence-electron chi connectivity index (χ3n) is 4.71. The van der Waals surface area contributed by atoms with Gasteiger partial charge in [0, 0.05) is 38.9 Å². The quantitative estimate of drug-likeness (QED) is 0.838. The SMILES string of the molecule is Cc1cccc(N2CCN(CC(=O)N(C)Cc3ccc(C)o3)CC2)c1. The molecule has 134 valence electrons. The Morgan fingerprint density at radius 1 is 1.12 bits per heavy atom. The third kappa shape index (κ3) is 4.63. The number of carbonyl (C=O) groups is 1. The predicted octanol–water partition coefficient (Wildman–Crippen LogP) is 2.68. The van der Waals surface area contributed by atoms with Crippen molar-refractivity contribution in [2.75, 3.05) is 44.7 Å². The van der Waals surface area contributed by atoms with Crippen molar-refractivity contribution in [3.63, 3.8) is 0 Å². The summed E-state index contributed by atoms with van der Waals surface area (Å²) in [6.07, 6.45) is 0. The monoisotopic (exact) mass is 341 g/mol. The lowest BCUT2D eigenvalue weighted by molar-refractivity contribution is -0.132. The van der Waals surface area contributed by atoms with Crippen LogP contribution in [0.4, 0.5) is 5.69 Å². The lowest BCUT2D eigenvalue weighted by Crippen LogP contribution is -2.49. The molecule has 1 saturated heterocycles. The summed E-state index contributed by atoms with van der Waals surface area (Å²) in [6, 6.07) is 12.5. The number of hydrogen-bond acceptors (Lipinski definition) is 4. The summed E-state index contributed by atoms with van der Waals surface area (Å²) in [5.74, 6) is 1.85. The number of carbonyl (C=O) groups excluding carboxylic acids is 1. The number of rotatable bonds is 5. The minimum atomic E-state index is 0.137. The zero-order valence-corrected chi connectivity index (χ0v) is 15.4. The van der Waals surface area contributed by atoms with Crippen LogP contribution in [0.5, 0.6) is 0 Å². The summed E-state index contributed by atoms with van der Waals surface area (Å²) < 4.78 is 5.55. The first-order valence-corrected chi connectivity index (χ1v) is 8.84. The van der Waals surface area contributed by atoms with Crippen molar-refractivity contribution in [3.8, 4) is 0 Å². The third-order valence-corrected chi connectivity index (χ3v) is 4.71. The number of anilines is 1. The van der Waals surface area contributed by atoms with Gasteiger partial charge < -0.3 is 14.2 Å². The Bertz CT molecular complexity index is 717. The zero-order valence-electron chi connectivity index (χ0n) is 15.4. The molecule has 0 saturated carbocycles. The lowest BCUT2D eigenvalue weighted by Gasteiger charge is -2.36. The van der Waals surface area contributed by atoms with E-state index in [1.54, 1.807) is 4.90 Å². The van der Waals surface area contributed by atoms with Crippen LogP contribution in [0, 0.1) is 13.8 Å². The molecular formula is C20H27N3O2. The smallest absolute Gasteiger partial charge is 0.236 e. The first kappa shape index (κ1) is 17.5. The van der Waals surface area contributed by atoms with Gasteiger partial charge in [-0.3, -0.25) is 9.69 Å². The molecule has 0 aliphatic carbocycles. The van der Waals surface area contributed by atoms with Crippen LogP contribution in [0.15, 0.2) is 40.8 Å². The van der Waals surface area contributed by atoms with Gasteiger partial charge in [-0.1, -0.05) is 12.1 Å². The molecular weight excluding hydrogens is 314 g/mol. The highest BCUT2D eigenvalue weighted by Crippen LogP contribution is 2.18. The molecule has 0 spiro atoms. The van der Waals surface area contributed by atoms with E-state index in [0.717, 1.165) is 37.7 Å². The second-order valence-electron chi connectivity index (χ2n) is 6.86. The van der Waals surface area contributed by atoms with Crippen LogP contribution in [0.25, 0.3) is 0 Å². The molecule has 1 aliphatic heterocycles. The van der Waals surface area contributed by atoms with Crippen molar-refractivity contribution >= 4 is 11.6 Å². The maximum Gasteiger partial charge on any atom is 0.236 e. The van der Waals surface area contributed by atoms with Crippen molar-refractivity contribution in [2.45, 2.75) is 20.4 Å². The van der Waals surface area contributed by atoms with Gasteiger partial charge in [-0.2, -0.15) is 0 Å². The Morgan fingerprint density at radius 2 is 1.88 bits per heavy atom. The zero-order chi connectivity index (χ0) is 17.8. The molecule has 2 heterocycles. The topological polar surface area (TPSA) is 39.9 Å². The average molecular weight is 341 g/mol. The van der Waals surface area contributed by atoms with Crippen molar-refractivity contribution < 1.29 is 9.21 Å². The van der Waals surface area contributed by atoms with Crippen LogP contribution >= 0.6 is 0 Å². The minimum Gasteiger partial charge on any atom is -0.464 e. The molecule has 5 nitrogen and oxygen atoms in total. The van der Waals surface area contributed by atoms with Crippen molar-refractivity contribution in [1.82, 2.24) is 9.80 Å². The summed E-state index contributed by atoms with van der Waals surface area (Å²) in [7, 11) is 1.84. The first-order valence-electron chi connectivity index (χ1n) is 8.84. The van der Waals surface area contributed by atoms with Gasteiger partial charge in [-0.15, -0.1) is 0 Å². The van der Waals surface area contributed by atoms with Gasteiger partial charge in [0.1, 0.15) is 11.5 Å². The van der Waals surface area contributed by atoms with E-state index in [1.165, 1.54) is 11.3 Å². The van der Waals surface area contributed by atoms with E-state index < -0.39 is 0 Å². The largest absolute Gasteiger partial charge is 0.464 e. The first-order chi connectivity index (χ1) is 12.0. The van der Waals surface area contributed by atoms with E-state index in [1.807, 2.05) is 26.1 Å². The molecule has 1 amide bonds. The number of nitrogens with zero attached hydrogens (tertiary/aromatic N) is 3. The lowest BCUT2D eigenvalue weighted by atomic mass is 10.2. The number of piperazine rings is 1. The van der Waals surface area contributed by atoms with E-state index in [-0.39, 0.29) is 5.91 Å². The maximum absolute atomic E-state index is 12.4. The molecule has 1 aromatic heterocycles. The normalized spacial score (nSPS) is 15.4. The average Bonchev–Trinajstić information content (AvgIpc) is 3.00. The molecule has 1 aromatic carbocycles. The molecule has 0 radical (unpaired) electrons. The summed E-state index contributed by atoms with van der Waals surface area (Å²) >= 11 is 0. The van der Waals surface area contributed by atoms with Gasteiger partial charge in [0.25, 0.3) is 0 Å². The fraction of sp³-hybridized carbons (Fsp3) is 0.450.